The quantitative estimate of drug-likeness (QED) is 0.585. The summed E-state index contributed by atoms with van der Waals surface area (Å²) < 4.78 is 0. The maximum atomic E-state index is 11.0. The zero-order chi connectivity index (χ0) is 10.8. The van der Waals surface area contributed by atoms with E-state index in [1.807, 2.05) is 0 Å². The molecule has 1 aliphatic rings. The van der Waals surface area contributed by atoms with Crippen LogP contribution >= 0.6 is 0 Å². The Morgan fingerprint density at radius 1 is 1.29 bits per heavy atom. The molecular formula is C8H13NO5. The van der Waals surface area contributed by atoms with Crippen LogP contribution < -0.4 is 0 Å². The number of carboxylic acids is 1. The summed E-state index contributed by atoms with van der Waals surface area (Å²) in [6, 6.07) is 0. The summed E-state index contributed by atoms with van der Waals surface area (Å²) in [5.41, 5.74) is -1.63. The van der Waals surface area contributed by atoms with Crippen molar-refractivity contribution in [2.75, 3.05) is 13.2 Å². The molecule has 0 aliphatic carbocycles. The van der Waals surface area contributed by atoms with Gasteiger partial charge in [-0.05, 0) is 19.3 Å². The van der Waals surface area contributed by atoms with Gasteiger partial charge in [-0.25, -0.2) is 9.59 Å². The lowest BCUT2D eigenvalue weighted by molar-refractivity contribution is -0.155. The van der Waals surface area contributed by atoms with Crippen LogP contribution in [0.4, 0.5) is 4.79 Å². The highest BCUT2D eigenvalue weighted by atomic mass is 16.4. The minimum atomic E-state index is -1.63. The molecule has 14 heavy (non-hydrogen) atoms. The van der Waals surface area contributed by atoms with Gasteiger partial charge in [0.05, 0.1) is 6.61 Å². The van der Waals surface area contributed by atoms with Crippen LogP contribution in [-0.4, -0.2) is 51.0 Å². The number of piperidine rings is 1. The van der Waals surface area contributed by atoms with E-state index in [9.17, 15) is 9.59 Å². The Hall–Kier alpha value is -1.30. The van der Waals surface area contributed by atoms with Gasteiger partial charge < -0.3 is 15.3 Å². The summed E-state index contributed by atoms with van der Waals surface area (Å²) in [5, 5.41) is 26.8. The van der Waals surface area contributed by atoms with Crippen molar-refractivity contribution < 1.29 is 24.9 Å². The largest absolute Gasteiger partial charge is 0.479 e. The number of likely N-dealkylation sites (tertiary alicyclic amines) is 1. The van der Waals surface area contributed by atoms with E-state index in [0.717, 1.165) is 4.90 Å². The Bertz CT molecular complexity index is 254. The van der Waals surface area contributed by atoms with Crippen molar-refractivity contribution in [2.24, 2.45) is 0 Å². The van der Waals surface area contributed by atoms with Crippen molar-refractivity contribution in [3.63, 3.8) is 0 Å². The highest BCUT2D eigenvalue weighted by Gasteiger charge is 2.47. The molecule has 1 fully saturated rings. The maximum Gasteiger partial charge on any atom is 0.408 e. The third-order valence-corrected chi connectivity index (χ3v) is 2.63. The van der Waals surface area contributed by atoms with E-state index >= 15 is 0 Å². The number of amides is 1. The van der Waals surface area contributed by atoms with Gasteiger partial charge in [-0.15, -0.1) is 0 Å². The van der Waals surface area contributed by atoms with Crippen LogP contribution in [0.1, 0.15) is 19.3 Å². The van der Waals surface area contributed by atoms with Crippen LogP contribution in [0.15, 0.2) is 0 Å². The van der Waals surface area contributed by atoms with Gasteiger partial charge in [0.15, 0.2) is 5.54 Å². The first-order valence-electron chi connectivity index (χ1n) is 4.39. The molecule has 0 aromatic rings. The van der Waals surface area contributed by atoms with Crippen molar-refractivity contribution in [3.05, 3.63) is 0 Å². The van der Waals surface area contributed by atoms with Gasteiger partial charge in [0, 0.05) is 6.54 Å². The predicted octanol–water partition coefficient (Wildman–Crippen LogP) is -0.0340. The first-order valence-corrected chi connectivity index (χ1v) is 4.39. The van der Waals surface area contributed by atoms with Crippen LogP contribution in [0.2, 0.25) is 0 Å². The number of rotatable bonds is 2. The summed E-state index contributed by atoms with van der Waals surface area (Å²) in [6.07, 6.45) is 0.143. The number of carbonyl (C=O) groups is 2. The molecule has 0 unspecified atom stereocenters. The number of aliphatic hydroxyl groups excluding tert-OH is 1. The number of aliphatic carboxylic acids is 1. The third kappa shape index (κ3) is 1.52. The van der Waals surface area contributed by atoms with E-state index < -0.39 is 24.2 Å². The van der Waals surface area contributed by atoms with Crippen molar-refractivity contribution in [3.8, 4) is 0 Å². The summed E-state index contributed by atoms with van der Waals surface area (Å²) in [7, 11) is 0. The lowest BCUT2D eigenvalue weighted by Gasteiger charge is -2.40. The van der Waals surface area contributed by atoms with Gasteiger partial charge >= 0.3 is 12.1 Å². The molecule has 1 amide bonds. The van der Waals surface area contributed by atoms with Gasteiger partial charge in [-0.2, -0.15) is 0 Å². The van der Waals surface area contributed by atoms with Gasteiger partial charge in [-0.1, -0.05) is 0 Å². The summed E-state index contributed by atoms with van der Waals surface area (Å²) in [6.45, 7) is -0.503. The number of hydrogen-bond donors (Lipinski definition) is 3. The average Bonchev–Trinajstić information content (AvgIpc) is 2.17. The molecule has 6 heteroatoms. The number of carboxylic acid groups (broad SMARTS) is 2. The molecule has 1 atom stereocenters. The van der Waals surface area contributed by atoms with E-state index in [2.05, 4.69) is 0 Å². The smallest absolute Gasteiger partial charge is 0.408 e. The number of nitrogens with zero attached hydrogens (tertiary/aromatic N) is 1. The molecule has 1 aliphatic heterocycles. The molecule has 80 valence electrons. The first kappa shape index (κ1) is 10.8. The molecule has 0 radical (unpaired) electrons. The maximum absolute atomic E-state index is 11.0. The molecule has 0 bridgehead atoms. The van der Waals surface area contributed by atoms with Gasteiger partial charge in [0.25, 0.3) is 0 Å². The molecule has 0 spiro atoms. The molecule has 1 heterocycles. The normalized spacial score (nSPS) is 27.4. The lowest BCUT2D eigenvalue weighted by Crippen LogP contribution is -2.61. The second kappa shape index (κ2) is 3.83. The zero-order valence-corrected chi connectivity index (χ0v) is 7.64. The minimum absolute atomic E-state index is 0.169. The van der Waals surface area contributed by atoms with E-state index in [4.69, 9.17) is 15.3 Å². The Labute approximate surface area is 80.8 Å². The van der Waals surface area contributed by atoms with E-state index in [1.165, 1.54) is 0 Å². The van der Waals surface area contributed by atoms with Crippen molar-refractivity contribution >= 4 is 12.1 Å². The first-order chi connectivity index (χ1) is 6.54. The topological polar surface area (TPSA) is 98.1 Å². The second-order valence-corrected chi connectivity index (χ2v) is 3.39. The molecule has 1 rings (SSSR count). The zero-order valence-electron chi connectivity index (χ0n) is 7.64. The van der Waals surface area contributed by atoms with E-state index in [-0.39, 0.29) is 13.0 Å². The van der Waals surface area contributed by atoms with Crippen LogP contribution in [0.25, 0.3) is 0 Å². The summed E-state index contributed by atoms with van der Waals surface area (Å²) >= 11 is 0. The van der Waals surface area contributed by atoms with Crippen molar-refractivity contribution in [2.45, 2.75) is 24.8 Å². The molecule has 1 saturated heterocycles. The minimum Gasteiger partial charge on any atom is -0.479 e. The molecule has 0 aromatic heterocycles. The fourth-order valence-electron chi connectivity index (χ4n) is 1.77. The SMILES string of the molecule is O=C(O)N1CCCC[C@]1(CO)C(=O)O. The average molecular weight is 203 g/mol. The molecule has 0 aromatic carbocycles. The van der Waals surface area contributed by atoms with E-state index in [1.54, 1.807) is 0 Å². The Balaban J connectivity index is 2.98. The molecule has 0 saturated carbocycles. The monoisotopic (exact) mass is 203 g/mol. The van der Waals surface area contributed by atoms with Crippen LogP contribution in [0.3, 0.4) is 0 Å². The Morgan fingerprint density at radius 2 is 1.93 bits per heavy atom. The van der Waals surface area contributed by atoms with Gasteiger partial charge in [-0.3, -0.25) is 4.90 Å². The number of aliphatic hydroxyl groups is 1. The summed E-state index contributed by atoms with van der Waals surface area (Å²) in [4.78, 5) is 22.6. The van der Waals surface area contributed by atoms with Crippen LogP contribution in [-0.2, 0) is 4.79 Å². The fraction of sp³-hybridized carbons (Fsp3) is 0.750. The molecular weight excluding hydrogens is 190 g/mol. The lowest BCUT2D eigenvalue weighted by atomic mass is 9.88. The number of hydrogen-bond acceptors (Lipinski definition) is 3. The Morgan fingerprint density at radius 3 is 2.29 bits per heavy atom. The molecule has 6 nitrogen and oxygen atoms in total. The van der Waals surface area contributed by atoms with Crippen molar-refractivity contribution in [1.82, 2.24) is 4.90 Å². The van der Waals surface area contributed by atoms with Crippen molar-refractivity contribution in [1.29, 1.82) is 0 Å². The highest BCUT2D eigenvalue weighted by molar-refractivity contribution is 5.84. The highest BCUT2D eigenvalue weighted by Crippen LogP contribution is 2.28. The van der Waals surface area contributed by atoms with Gasteiger partial charge in [0.2, 0.25) is 0 Å². The van der Waals surface area contributed by atoms with E-state index in [0.29, 0.717) is 12.8 Å². The van der Waals surface area contributed by atoms with Gasteiger partial charge in [0.1, 0.15) is 0 Å². The van der Waals surface area contributed by atoms with Crippen LogP contribution in [0, 0.1) is 0 Å². The summed E-state index contributed by atoms with van der Waals surface area (Å²) in [5.74, 6) is -1.28. The third-order valence-electron chi connectivity index (χ3n) is 2.63. The Kier molecular flexibility index (Phi) is 2.95. The van der Waals surface area contributed by atoms with Crippen LogP contribution in [0.5, 0.6) is 0 Å². The fourth-order valence-corrected chi connectivity index (χ4v) is 1.77. The second-order valence-electron chi connectivity index (χ2n) is 3.39. The predicted molar refractivity (Wildman–Crippen MR) is 46.0 cm³/mol. The standard InChI is InChI=1S/C8H13NO5/c10-5-8(6(11)12)3-1-2-4-9(8)7(13)14/h10H,1-5H2,(H,11,12)(H,13,14)/t8-/m0/s1. The molecule has 3 N–H and O–H groups in total.